The fraction of sp³-hybridized carbons (Fsp3) is 0.422. The number of carboxylic acid groups (broad SMARTS) is 2. The monoisotopic (exact) mass is 2050 g/mol. The molecule has 1 saturated heterocycles. The average molecular weight is 2050 g/mol. The van der Waals surface area contributed by atoms with Crippen molar-refractivity contribution in [1.82, 2.24) is 78.7 Å². The van der Waals surface area contributed by atoms with Crippen molar-refractivity contribution in [2.45, 2.75) is 203 Å². The fourth-order valence-corrected chi connectivity index (χ4v) is 17.6. The van der Waals surface area contributed by atoms with Crippen LogP contribution in [0.3, 0.4) is 0 Å². The summed E-state index contributed by atoms with van der Waals surface area (Å²) in [5.74, 6) is -18.3. The van der Waals surface area contributed by atoms with Gasteiger partial charge in [-0.1, -0.05) is 89.1 Å². The number of hydrogen-bond acceptors (Lipinski definition) is 23. The number of aromatic nitrogens is 2. The average Bonchev–Trinajstić information content (AvgIpc) is 1.08. The van der Waals surface area contributed by atoms with Crippen molar-refractivity contribution >= 4 is 187 Å². The van der Waals surface area contributed by atoms with Gasteiger partial charge in [-0.05, 0) is 152 Å². The first-order valence-corrected chi connectivity index (χ1v) is 49.4. The number of phenols is 1. The highest BCUT2D eigenvalue weighted by Gasteiger charge is 2.42. The van der Waals surface area contributed by atoms with Gasteiger partial charge in [0.1, 0.15) is 72.2 Å². The van der Waals surface area contributed by atoms with Crippen LogP contribution >= 0.6 is 25.3 Å². The number of aromatic carboxylic acids is 1. The van der Waals surface area contributed by atoms with Crippen molar-refractivity contribution in [1.29, 1.82) is 0 Å². The van der Waals surface area contributed by atoms with Crippen molar-refractivity contribution in [3.05, 3.63) is 168 Å². The second-order valence-electron chi connectivity index (χ2n) is 37.0. The van der Waals surface area contributed by atoms with Crippen molar-refractivity contribution in [2.75, 3.05) is 69.1 Å². The second kappa shape index (κ2) is 53.3. The number of thiol groups is 2. The molecule has 4 heterocycles. The number of benzene rings is 6. The number of likely N-dealkylation sites (tertiary alicyclic amines) is 1. The fourth-order valence-electron chi connectivity index (χ4n) is 17.1. The Bertz CT molecular complexity index is 6240. The lowest BCUT2D eigenvalue weighted by Gasteiger charge is -2.30. The van der Waals surface area contributed by atoms with E-state index in [2.05, 4.69) is 99.0 Å². The number of primary amides is 3. The summed E-state index contributed by atoms with van der Waals surface area (Å²) in [6, 6.07) is 18.9. The number of unbranched alkanes of at least 4 members (excludes halogenated alkanes) is 2. The van der Waals surface area contributed by atoms with E-state index in [0.717, 1.165) is 16.3 Å². The van der Waals surface area contributed by atoms with E-state index in [1.165, 1.54) is 42.5 Å². The number of carbonyl (C=O) groups excluding carboxylic acids is 16. The molecule has 0 saturated carbocycles. The van der Waals surface area contributed by atoms with E-state index in [1.807, 2.05) is 74.4 Å². The van der Waals surface area contributed by atoms with Gasteiger partial charge >= 0.3 is 23.1 Å². The minimum Gasteiger partial charge on any atom is -0.508 e. The third-order valence-corrected chi connectivity index (χ3v) is 26.0. The first-order chi connectivity index (χ1) is 69.5. The summed E-state index contributed by atoms with van der Waals surface area (Å²) in [5, 5.41) is 64.9. The van der Waals surface area contributed by atoms with Gasteiger partial charge < -0.3 is 121 Å². The molecule has 0 spiro atoms. The Labute approximate surface area is 852 Å². The van der Waals surface area contributed by atoms with Crippen LogP contribution in [-0.4, -0.2) is 262 Å². The van der Waals surface area contributed by atoms with Crippen molar-refractivity contribution in [3.8, 4) is 16.9 Å². The Hall–Kier alpha value is -15.4. The summed E-state index contributed by atoms with van der Waals surface area (Å²) in [6.45, 7) is 6.16. The number of aliphatic carboxylic acids is 1. The number of nitrogens with zero attached hydrogens (tertiary/aromatic N) is 3. The molecule has 146 heavy (non-hydrogen) atoms. The van der Waals surface area contributed by atoms with Gasteiger partial charge in [0.15, 0.2) is 0 Å². The number of carbonyl (C=O) groups is 18. The molecule has 42 nitrogen and oxygen atoms in total. The Balaban J connectivity index is 0.771. The number of aromatic amines is 2. The first-order valence-electron chi connectivity index (χ1n) is 48.1. The van der Waals surface area contributed by atoms with E-state index in [4.69, 9.17) is 21.6 Å². The number of H-pyrrole nitrogens is 2. The van der Waals surface area contributed by atoms with E-state index >= 15 is 0 Å². The number of anilines is 2. The summed E-state index contributed by atoms with van der Waals surface area (Å²) < 4.78 is 6.46. The number of fused-ring (bicyclic) bond motifs is 4. The van der Waals surface area contributed by atoms with Crippen molar-refractivity contribution in [3.63, 3.8) is 0 Å². The van der Waals surface area contributed by atoms with E-state index < -0.39 is 210 Å². The van der Waals surface area contributed by atoms with Gasteiger partial charge in [-0.3, -0.25) is 81.5 Å². The van der Waals surface area contributed by atoms with Crippen LogP contribution in [-0.2, 0) is 96.0 Å². The first kappa shape index (κ1) is 113. The number of nitrogens with two attached hydrogens (primary N) is 3. The van der Waals surface area contributed by atoms with Gasteiger partial charge in [0.05, 0.1) is 35.0 Å². The number of aromatic hydroxyl groups is 1. The Morgan fingerprint density at radius 2 is 0.993 bits per heavy atom. The zero-order chi connectivity index (χ0) is 106. The van der Waals surface area contributed by atoms with Crippen LogP contribution < -0.4 is 90.8 Å². The maximum absolute atomic E-state index is 15.0. The van der Waals surface area contributed by atoms with Crippen molar-refractivity contribution in [2.24, 2.45) is 29.0 Å². The summed E-state index contributed by atoms with van der Waals surface area (Å²) in [7, 11) is 7.53. The zero-order valence-electron chi connectivity index (χ0n) is 82.4. The number of carboxylic acids is 2. The molecule has 1 fully saturated rings. The molecule has 10 rings (SSSR count). The highest BCUT2D eigenvalue weighted by Crippen LogP contribution is 2.41. The lowest BCUT2D eigenvalue weighted by atomic mass is 9.91. The molecule has 780 valence electrons. The number of amides is 16. The van der Waals surface area contributed by atoms with E-state index in [0.29, 0.717) is 85.3 Å². The van der Waals surface area contributed by atoms with Gasteiger partial charge in [0.25, 0.3) is 5.91 Å². The van der Waals surface area contributed by atoms with Crippen molar-refractivity contribution < 1.29 is 106 Å². The summed E-state index contributed by atoms with van der Waals surface area (Å²) in [4.78, 5) is 261. The van der Waals surface area contributed by atoms with E-state index in [-0.39, 0.29) is 118 Å². The molecular weight excluding hydrogens is 1920 g/mol. The standard InChI is InChI=1S/C102H128N20O22S2/c1-9-55(4)89(100(140)112-71(90(105)130)34-37-83(103)124)119-97(137)77(46-59-50-108-70-21-15-13-19-64(59)70)115-98(138)78(52-145)117-95(135)74(42-54(2)3)111-86(127)51-109-92(132)75(43-56-24-29-62(123)30-25-56)116-99(139)80-22-17-41-122(80)101(141)79(53-146)118-94(134)73(36-39-87(128)129)113-96(136)76(45-58-49-107-69-20-14-12-18-63(58)69)114-93(133)72(35-38-84(104)125)110-85(126)23-11-10-16-40-106-91(131)57-26-31-65(102(142)143)68(44-57)88-66-32-27-60(120(5)6)47-81(66)144-82-48-61(121(7)8)28-33-67(82)88/h12-15,18-21,24-33,44,47-50,54-55,71-80,89,107-108H,9-11,16-17,22-23,34-43,45-46,51-53H2,1-8H3,(H22-,103,104,105,106,109,110,111,112,113,114,115,116,117,118,119,123,124,125,126,127,128,129,130,131,132,133,134,135,136,137,138,139,140,142,143,145,146)/p+1/t55-,71-,72-,73-,74-,75-,76-,77-,78-,79-,80-,89-/m0/s1. The Morgan fingerprint density at radius 3 is 1.53 bits per heavy atom. The number of phenolic OH excluding ortho intramolecular Hbond substituents is 1. The van der Waals surface area contributed by atoms with Crippen LogP contribution in [0.1, 0.15) is 155 Å². The second-order valence-corrected chi connectivity index (χ2v) is 37.8. The molecule has 0 radical (unpaired) electrons. The third-order valence-electron chi connectivity index (χ3n) is 25.3. The smallest absolute Gasteiger partial charge is 0.363 e. The summed E-state index contributed by atoms with van der Waals surface area (Å²) in [6.07, 6.45) is 1.26. The lowest BCUT2D eigenvalue weighted by Crippen LogP contribution is -2.61. The van der Waals surface area contributed by atoms with Crippen LogP contribution in [0, 0.1) is 11.8 Å². The molecule has 23 N–H and O–H groups in total. The molecular formula is C102H129N20O22S2+. The molecule has 1 aliphatic heterocycles. The third kappa shape index (κ3) is 31.3. The molecule has 3 aromatic heterocycles. The number of rotatable bonds is 55. The van der Waals surface area contributed by atoms with Crippen LogP contribution in [0.2, 0.25) is 0 Å². The molecule has 1 aliphatic rings. The number of nitrogens with one attached hydrogen (secondary N) is 14. The molecule has 16 amide bonds. The predicted molar refractivity (Wildman–Crippen MR) is 552 cm³/mol. The van der Waals surface area contributed by atoms with Crippen LogP contribution in [0.25, 0.3) is 54.9 Å². The Kier molecular flexibility index (Phi) is 41.1. The molecule has 9 aromatic rings. The Morgan fingerprint density at radius 1 is 0.493 bits per heavy atom. The minimum atomic E-state index is -1.76. The molecule has 0 bridgehead atoms. The quantitative estimate of drug-likeness (QED) is 0.0111. The van der Waals surface area contributed by atoms with Gasteiger partial charge in [0.2, 0.25) is 88.6 Å². The number of para-hydroxylation sites is 2. The topological polar surface area (TPSA) is 643 Å². The zero-order valence-corrected chi connectivity index (χ0v) is 84.2. The number of hydrogen-bond donors (Lipinski definition) is 22. The van der Waals surface area contributed by atoms with Gasteiger partial charge in [-0.15, -0.1) is 0 Å². The largest absolute Gasteiger partial charge is 0.508 e. The lowest BCUT2D eigenvalue weighted by molar-refractivity contribution is -0.142. The molecule has 0 unspecified atom stereocenters. The molecule has 12 atom stereocenters. The SMILES string of the molecule is CC[C@H](C)[C@H](NC(=O)[C@H](Cc1c[nH]c2ccccc12)NC(=O)[C@H](CS)NC(=O)[C@H](CC(C)C)NC(=O)CNC(=O)[C@H](Cc1ccc(O)cc1)NC(=O)[C@@H]1CCCN1C(=O)[C@H](CS)NC(=O)[C@H](CCC(=O)O)NC(=O)[C@H](Cc1c[nH]c2ccccc12)NC(=O)[C@H](CCC(N)=O)NC(=O)CCCCCNC(=O)c1ccc(C(=O)O)c(-c2c3ccc(N(C)C)cc3[o+]c3cc(N(C)C)ccc23)c1)C(=O)N[C@@H](CCC(N)=O)C(N)=O. The highest BCUT2D eigenvalue weighted by atomic mass is 32.1. The minimum absolute atomic E-state index is 0.0120. The van der Waals surface area contributed by atoms with E-state index in [9.17, 15) is 102 Å². The summed E-state index contributed by atoms with van der Waals surface area (Å²) >= 11 is 8.79. The normalized spacial score (nSPS) is 14.6. The summed E-state index contributed by atoms with van der Waals surface area (Å²) in [5.41, 5.74) is 22.8. The van der Waals surface area contributed by atoms with Gasteiger partial charge in [-0.2, -0.15) is 25.3 Å². The molecule has 6 aromatic carbocycles. The predicted octanol–water partition coefficient (Wildman–Crippen LogP) is 3.84. The van der Waals surface area contributed by atoms with E-state index in [1.54, 1.807) is 88.6 Å². The molecule has 0 aliphatic carbocycles. The van der Waals surface area contributed by atoms with Crippen LogP contribution in [0.5, 0.6) is 5.75 Å². The highest BCUT2D eigenvalue weighted by molar-refractivity contribution is 7.80. The van der Waals surface area contributed by atoms with Gasteiger partial charge in [0, 0.05) is 154 Å². The van der Waals surface area contributed by atoms with Gasteiger partial charge in [-0.25, -0.2) is 9.21 Å². The maximum atomic E-state index is 15.0. The molecule has 44 heteroatoms. The van der Waals surface area contributed by atoms with Crippen LogP contribution in [0.15, 0.2) is 144 Å². The maximum Gasteiger partial charge on any atom is 0.363 e. The van der Waals surface area contributed by atoms with Crippen LogP contribution in [0.4, 0.5) is 11.4 Å².